The SMILES string of the molecule is CC(C)(C)[S@@+]([O-])N[C@H]1CCCN(C(=O)O)CC1. The maximum Gasteiger partial charge on any atom is 0.407 e. The summed E-state index contributed by atoms with van der Waals surface area (Å²) in [5.41, 5.74) is 0. The fourth-order valence-electron chi connectivity index (χ4n) is 1.73. The van der Waals surface area contributed by atoms with Gasteiger partial charge in [0.2, 0.25) is 0 Å². The first-order valence-electron chi connectivity index (χ1n) is 5.96. The number of carboxylic acid groups (broad SMARTS) is 1. The lowest BCUT2D eigenvalue weighted by Crippen LogP contribution is -2.45. The highest BCUT2D eigenvalue weighted by Crippen LogP contribution is 2.18. The van der Waals surface area contributed by atoms with Gasteiger partial charge < -0.3 is 14.6 Å². The number of hydrogen-bond donors (Lipinski definition) is 2. The molecular weight excluding hydrogens is 240 g/mol. The van der Waals surface area contributed by atoms with Crippen LogP contribution in [0, 0.1) is 0 Å². The number of nitrogens with one attached hydrogen (secondary N) is 1. The minimum Gasteiger partial charge on any atom is -0.598 e. The summed E-state index contributed by atoms with van der Waals surface area (Å²) in [5, 5.41) is 8.91. The van der Waals surface area contributed by atoms with Crippen molar-refractivity contribution in [2.24, 2.45) is 0 Å². The van der Waals surface area contributed by atoms with Crippen LogP contribution in [0.15, 0.2) is 0 Å². The molecule has 1 saturated heterocycles. The van der Waals surface area contributed by atoms with Crippen LogP contribution in [0.2, 0.25) is 0 Å². The average molecular weight is 262 g/mol. The summed E-state index contributed by atoms with van der Waals surface area (Å²) in [6.45, 7) is 6.88. The lowest BCUT2D eigenvalue weighted by Gasteiger charge is -2.27. The third-order valence-corrected chi connectivity index (χ3v) is 4.49. The van der Waals surface area contributed by atoms with Crippen LogP contribution in [0.4, 0.5) is 4.79 Å². The fraction of sp³-hybridized carbons (Fsp3) is 0.909. The molecule has 1 fully saturated rings. The molecular formula is C11H22N2O3S. The van der Waals surface area contributed by atoms with Crippen molar-refractivity contribution in [1.29, 1.82) is 0 Å². The van der Waals surface area contributed by atoms with E-state index in [1.165, 1.54) is 4.90 Å². The Hall–Kier alpha value is -0.460. The predicted molar refractivity (Wildman–Crippen MR) is 68.3 cm³/mol. The Morgan fingerprint density at radius 3 is 2.59 bits per heavy atom. The van der Waals surface area contributed by atoms with Gasteiger partial charge in [-0.15, -0.1) is 4.72 Å². The van der Waals surface area contributed by atoms with Crippen molar-refractivity contribution in [3.63, 3.8) is 0 Å². The first-order chi connectivity index (χ1) is 7.80. The quantitative estimate of drug-likeness (QED) is 0.741. The van der Waals surface area contributed by atoms with Gasteiger partial charge in [-0.2, -0.15) is 0 Å². The minimum atomic E-state index is -1.08. The highest BCUT2D eigenvalue weighted by Gasteiger charge is 2.30. The van der Waals surface area contributed by atoms with Gasteiger partial charge in [-0.1, -0.05) is 0 Å². The van der Waals surface area contributed by atoms with E-state index in [0.717, 1.165) is 19.3 Å². The lowest BCUT2D eigenvalue weighted by atomic mass is 10.1. The molecule has 100 valence electrons. The summed E-state index contributed by atoms with van der Waals surface area (Å²) in [6, 6.07) is 0.152. The molecule has 0 aromatic rings. The smallest absolute Gasteiger partial charge is 0.407 e. The molecule has 0 saturated carbocycles. The van der Waals surface area contributed by atoms with Crippen molar-refractivity contribution in [3.8, 4) is 0 Å². The number of amides is 1. The van der Waals surface area contributed by atoms with Crippen LogP contribution in [-0.4, -0.2) is 44.5 Å². The molecule has 1 aliphatic rings. The normalized spacial score (nSPS) is 24.2. The summed E-state index contributed by atoms with van der Waals surface area (Å²) < 4.78 is 14.8. The molecule has 0 aromatic carbocycles. The Balaban J connectivity index is 2.44. The van der Waals surface area contributed by atoms with Crippen molar-refractivity contribution in [3.05, 3.63) is 0 Å². The molecule has 1 aliphatic heterocycles. The largest absolute Gasteiger partial charge is 0.598 e. The van der Waals surface area contributed by atoms with E-state index >= 15 is 0 Å². The van der Waals surface area contributed by atoms with Crippen LogP contribution in [0.25, 0.3) is 0 Å². The van der Waals surface area contributed by atoms with Crippen LogP contribution < -0.4 is 4.72 Å². The maximum absolute atomic E-state index is 11.9. The molecule has 1 heterocycles. The van der Waals surface area contributed by atoms with Crippen molar-refractivity contribution >= 4 is 17.5 Å². The Labute approximate surface area is 106 Å². The molecule has 0 unspecified atom stereocenters. The second-order valence-corrected chi connectivity index (χ2v) is 7.39. The molecule has 0 aliphatic carbocycles. The summed E-state index contributed by atoms with van der Waals surface area (Å²) in [7, 11) is 0. The van der Waals surface area contributed by atoms with Crippen LogP contribution in [0.1, 0.15) is 40.0 Å². The first-order valence-corrected chi connectivity index (χ1v) is 7.11. The van der Waals surface area contributed by atoms with Gasteiger partial charge in [-0.3, -0.25) is 0 Å². The molecule has 6 heteroatoms. The number of carbonyl (C=O) groups is 1. The van der Waals surface area contributed by atoms with Gasteiger partial charge >= 0.3 is 6.09 Å². The molecule has 1 amide bonds. The third kappa shape index (κ3) is 4.73. The van der Waals surface area contributed by atoms with Gasteiger partial charge in [0.25, 0.3) is 0 Å². The highest BCUT2D eigenvalue weighted by molar-refractivity contribution is 7.90. The Morgan fingerprint density at radius 2 is 2.06 bits per heavy atom. The van der Waals surface area contributed by atoms with Crippen molar-refractivity contribution in [1.82, 2.24) is 9.62 Å². The van der Waals surface area contributed by atoms with E-state index in [1.807, 2.05) is 20.8 Å². The Kier molecular flexibility index (Phi) is 5.09. The Bertz CT molecular complexity index is 268. The van der Waals surface area contributed by atoms with E-state index in [0.29, 0.717) is 13.1 Å². The van der Waals surface area contributed by atoms with E-state index in [-0.39, 0.29) is 10.8 Å². The molecule has 0 spiro atoms. The fourth-order valence-corrected chi connectivity index (χ4v) is 2.63. The Morgan fingerprint density at radius 1 is 1.41 bits per heavy atom. The van der Waals surface area contributed by atoms with Crippen molar-refractivity contribution < 1.29 is 14.5 Å². The van der Waals surface area contributed by atoms with Crippen LogP contribution in [-0.2, 0) is 11.4 Å². The second-order valence-electron chi connectivity index (χ2n) is 5.40. The van der Waals surface area contributed by atoms with E-state index in [4.69, 9.17) is 5.11 Å². The van der Waals surface area contributed by atoms with E-state index in [2.05, 4.69) is 4.72 Å². The molecule has 2 N–H and O–H groups in total. The van der Waals surface area contributed by atoms with Gasteiger partial charge in [-0.05, 0) is 40.0 Å². The van der Waals surface area contributed by atoms with Crippen LogP contribution >= 0.6 is 0 Å². The molecule has 2 atom stereocenters. The van der Waals surface area contributed by atoms with E-state index < -0.39 is 17.5 Å². The minimum absolute atomic E-state index is 0.152. The first kappa shape index (κ1) is 14.6. The summed E-state index contributed by atoms with van der Waals surface area (Å²) in [5.74, 6) is 0. The van der Waals surface area contributed by atoms with Crippen molar-refractivity contribution in [2.75, 3.05) is 13.1 Å². The number of hydrogen-bond acceptors (Lipinski definition) is 3. The molecule has 5 nitrogen and oxygen atoms in total. The van der Waals surface area contributed by atoms with E-state index in [9.17, 15) is 9.35 Å². The number of nitrogens with zero attached hydrogens (tertiary/aromatic N) is 1. The van der Waals surface area contributed by atoms with Crippen LogP contribution in [0.5, 0.6) is 0 Å². The van der Waals surface area contributed by atoms with E-state index in [1.54, 1.807) is 0 Å². The van der Waals surface area contributed by atoms with Gasteiger partial charge in [0, 0.05) is 24.5 Å². The number of likely N-dealkylation sites (tertiary alicyclic amines) is 1. The average Bonchev–Trinajstić information content (AvgIpc) is 2.41. The van der Waals surface area contributed by atoms with Gasteiger partial charge in [0.1, 0.15) is 4.75 Å². The van der Waals surface area contributed by atoms with Gasteiger partial charge in [-0.25, -0.2) is 4.79 Å². The topological polar surface area (TPSA) is 75.6 Å². The molecule has 1 rings (SSSR count). The summed E-state index contributed by atoms with van der Waals surface area (Å²) >= 11 is -1.08. The molecule has 0 bridgehead atoms. The van der Waals surface area contributed by atoms with Crippen molar-refractivity contribution in [2.45, 2.75) is 50.8 Å². The molecule has 0 radical (unpaired) electrons. The second kappa shape index (κ2) is 5.93. The number of rotatable bonds is 2. The lowest BCUT2D eigenvalue weighted by molar-refractivity contribution is 0.147. The molecule has 0 aromatic heterocycles. The van der Waals surface area contributed by atoms with Crippen LogP contribution in [0.3, 0.4) is 0 Å². The van der Waals surface area contributed by atoms with Gasteiger partial charge in [0.15, 0.2) is 0 Å². The predicted octanol–water partition coefficient (Wildman–Crippen LogP) is 1.57. The zero-order valence-electron chi connectivity index (χ0n) is 10.7. The zero-order chi connectivity index (χ0) is 13.1. The third-order valence-electron chi connectivity index (χ3n) is 2.83. The summed E-state index contributed by atoms with van der Waals surface area (Å²) in [6.07, 6.45) is 1.58. The standard InChI is InChI=1S/C11H22N2O3S/c1-11(2,3)17(16)12-9-5-4-7-13(8-6-9)10(14)15/h9,12H,4-8H2,1-3H3,(H,14,15)/t9-,17+/m0/s1. The van der Waals surface area contributed by atoms with Gasteiger partial charge in [0.05, 0.1) is 6.04 Å². The monoisotopic (exact) mass is 262 g/mol. The molecule has 17 heavy (non-hydrogen) atoms. The highest BCUT2D eigenvalue weighted by atomic mass is 32.2. The summed E-state index contributed by atoms with van der Waals surface area (Å²) in [4.78, 5) is 12.3. The maximum atomic E-state index is 11.9. The zero-order valence-corrected chi connectivity index (χ0v) is 11.5.